The van der Waals surface area contributed by atoms with E-state index in [9.17, 15) is 4.79 Å². The highest BCUT2D eigenvalue weighted by atomic mass is 35.5. The second-order valence-electron chi connectivity index (χ2n) is 5.51. The van der Waals surface area contributed by atoms with Crippen LogP contribution in [0.5, 0.6) is 0 Å². The number of hydrogen-bond acceptors (Lipinski definition) is 4. The third-order valence-corrected chi connectivity index (χ3v) is 5.94. The van der Waals surface area contributed by atoms with Gasteiger partial charge in [0.15, 0.2) is 0 Å². The van der Waals surface area contributed by atoms with Crippen LogP contribution in [-0.4, -0.2) is 9.97 Å². The van der Waals surface area contributed by atoms with E-state index in [-0.39, 0.29) is 5.56 Å². The predicted octanol–water partition coefficient (Wildman–Crippen LogP) is 5.27. The molecule has 3 aromatic heterocycles. The number of aromatic nitrogens is 2. The second-order valence-corrected chi connectivity index (χ2v) is 8.10. The molecule has 0 amide bonds. The van der Waals surface area contributed by atoms with E-state index in [4.69, 9.17) is 11.6 Å². The Kier molecular flexibility index (Phi) is 4.00. The minimum atomic E-state index is -0.0789. The van der Waals surface area contributed by atoms with Gasteiger partial charge in [-0.05, 0) is 36.1 Å². The lowest BCUT2D eigenvalue weighted by atomic mass is 10.1. The standard InChI is InChI=1S/C18H13ClN2OS2/c1-10-15(13-6-3-7-23-13)16-17(22)20-14(21-18(16)24-10)9-11-4-2-5-12(19)8-11/h2-8H,9H2,1H3,(H,20,21,22). The Bertz CT molecular complexity index is 1080. The summed E-state index contributed by atoms with van der Waals surface area (Å²) in [6.45, 7) is 2.04. The number of nitrogens with one attached hydrogen (secondary N) is 1. The largest absolute Gasteiger partial charge is 0.310 e. The number of fused-ring (bicyclic) bond motifs is 1. The van der Waals surface area contributed by atoms with Crippen molar-refractivity contribution in [1.82, 2.24) is 9.97 Å². The van der Waals surface area contributed by atoms with Crippen LogP contribution >= 0.6 is 34.3 Å². The molecule has 0 saturated carbocycles. The Morgan fingerprint density at radius 1 is 1.25 bits per heavy atom. The summed E-state index contributed by atoms with van der Waals surface area (Å²) in [7, 11) is 0. The molecule has 4 rings (SSSR count). The average Bonchev–Trinajstić information content (AvgIpc) is 3.14. The summed E-state index contributed by atoms with van der Waals surface area (Å²) >= 11 is 9.24. The van der Waals surface area contributed by atoms with E-state index in [1.54, 1.807) is 22.7 Å². The first kappa shape index (κ1) is 15.6. The van der Waals surface area contributed by atoms with Gasteiger partial charge in [0.05, 0.1) is 5.39 Å². The first-order valence-electron chi connectivity index (χ1n) is 7.42. The van der Waals surface area contributed by atoms with Crippen LogP contribution in [0.4, 0.5) is 0 Å². The maximum Gasteiger partial charge on any atom is 0.260 e. The third kappa shape index (κ3) is 2.79. The normalized spacial score (nSPS) is 11.2. The number of aryl methyl sites for hydroxylation is 1. The van der Waals surface area contributed by atoms with Gasteiger partial charge in [-0.25, -0.2) is 4.98 Å². The summed E-state index contributed by atoms with van der Waals surface area (Å²) < 4.78 is 0. The molecule has 4 aromatic rings. The molecular formula is C18H13ClN2OS2. The lowest BCUT2D eigenvalue weighted by Crippen LogP contribution is -2.11. The van der Waals surface area contributed by atoms with Gasteiger partial charge in [0.25, 0.3) is 5.56 Å². The molecule has 0 bridgehead atoms. The first-order chi connectivity index (χ1) is 11.6. The van der Waals surface area contributed by atoms with Crippen molar-refractivity contribution in [1.29, 1.82) is 0 Å². The summed E-state index contributed by atoms with van der Waals surface area (Å²) in [5.74, 6) is 0.661. The minimum Gasteiger partial charge on any atom is -0.310 e. The van der Waals surface area contributed by atoms with Crippen LogP contribution in [-0.2, 0) is 6.42 Å². The zero-order valence-electron chi connectivity index (χ0n) is 12.8. The molecule has 3 nitrogen and oxygen atoms in total. The van der Waals surface area contributed by atoms with Gasteiger partial charge >= 0.3 is 0 Å². The van der Waals surface area contributed by atoms with Gasteiger partial charge in [-0.15, -0.1) is 22.7 Å². The highest BCUT2D eigenvalue weighted by Gasteiger charge is 2.17. The number of aromatic amines is 1. The van der Waals surface area contributed by atoms with Gasteiger partial charge in [-0.3, -0.25) is 4.79 Å². The summed E-state index contributed by atoms with van der Waals surface area (Å²) in [5.41, 5.74) is 1.95. The molecule has 0 aliphatic rings. The van der Waals surface area contributed by atoms with E-state index in [2.05, 4.69) is 9.97 Å². The molecule has 0 spiro atoms. The first-order valence-corrected chi connectivity index (χ1v) is 9.50. The summed E-state index contributed by atoms with van der Waals surface area (Å²) in [5, 5.41) is 3.39. The molecule has 0 aliphatic heterocycles. The maximum absolute atomic E-state index is 12.7. The van der Waals surface area contributed by atoms with Gasteiger partial charge in [-0.1, -0.05) is 29.8 Å². The Morgan fingerprint density at radius 3 is 2.88 bits per heavy atom. The minimum absolute atomic E-state index is 0.0789. The van der Waals surface area contributed by atoms with Crippen LogP contribution in [0.15, 0.2) is 46.6 Å². The molecular weight excluding hydrogens is 360 g/mol. The van der Waals surface area contributed by atoms with Crippen molar-refractivity contribution in [3.8, 4) is 10.4 Å². The monoisotopic (exact) mass is 372 g/mol. The van der Waals surface area contributed by atoms with Gasteiger partial charge < -0.3 is 4.98 Å². The Hall–Kier alpha value is -1.95. The molecule has 0 radical (unpaired) electrons. The van der Waals surface area contributed by atoms with Crippen LogP contribution in [0.3, 0.4) is 0 Å². The van der Waals surface area contributed by atoms with Crippen LogP contribution in [0.25, 0.3) is 20.7 Å². The fourth-order valence-electron chi connectivity index (χ4n) is 2.80. The zero-order valence-corrected chi connectivity index (χ0v) is 15.2. The molecule has 1 aromatic carbocycles. The highest BCUT2D eigenvalue weighted by molar-refractivity contribution is 7.20. The van der Waals surface area contributed by atoms with Crippen molar-refractivity contribution in [2.45, 2.75) is 13.3 Å². The third-order valence-electron chi connectivity index (χ3n) is 3.82. The van der Waals surface area contributed by atoms with Crippen molar-refractivity contribution < 1.29 is 0 Å². The van der Waals surface area contributed by atoms with Crippen LogP contribution in [0.2, 0.25) is 5.02 Å². The van der Waals surface area contributed by atoms with E-state index < -0.39 is 0 Å². The van der Waals surface area contributed by atoms with E-state index in [0.717, 1.165) is 25.7 Å². The molecule has 3 heterocycles. The van der Waals surface area contributed by atoms with E-state index >= 15 is 0 Å². The van der Waals surface area contributed by atoms with E-state index in [1.807, 2.05) is 48.7 Å². The van der Waals surface area contributed by atoms with Crippen molar-refractivity contribution in [2.24, 2.45) is 0 Å². The summed E-state index contributed by atoms with van der Waals surface area (Å²) in [4.78, 5) is 23.3. The molecule has 0 atom stereocenters. The number of hydrogen-bond donors (Lipinski definition) is 1. The van der Waals surface area contributed by atoms with E-state index in [1.165, 1.54) is 0 Å². The molecule has 0 aliphatic carbocycles. The van der Waals surface area contributed by atoms with Crippen molar-refractivity contribution in [3.05, 3.63) is 73.4 Å². The van der Waals surface area contributed by atoms with Gasteiger partial charge in [-0.2, -0.15) is 0 Å². The summed E-state index contributed by atoms with van der Waals surface area (Å²) in [6.07, 6.45) is 0.553. The molecule has 24 heavy (non-hydrogen) atoms. The number of benzene rings is 1. The topological polar surface area (TPSA) is 45.8 Å². The van der Waals surface area contributed by atoms with Gasteiger partial charge in [0, 0.05) is 26.8 Å². The van der Waals surface area contributed by atoms with Gasteiger partial charge in [0.2, 0.25) is 0 Å². The van der Waals surface area contributed by atoms with Crippen molar-refractivity contribution in [2.75, 3.05) is 0 Å². The number of halogens is 1. The molecule has 0 saturated heterocycles. The highest BCUT2D eigenvalue weighted by Crippen LogP contribution is 2.37. The lowest BCUT2D eigenvalue weighted by Gasteiger charge is -2.03. The lowest BCUT2D eigenvalue weighted by molar-refractivity contribution is 0.977. The van der Waals surface area contributed by atoms with Crippen LogP contribution in [0, 0.1) is 6.92 Å². The molecule has 0 fully saturated rings. The number of thiophene rings is 2. The van der Waals surface area contributed by atoms with Gasteiger partial charge in [0.1, 0.15) is 10.7 Å². The molecule has 0 unspecified atom stereocenters. The Balaban J connectivity index is 1.83. The van der Waals surface area contributed by atoms with Crippen molar-refractivity contribution >= 4 is 44.5 Å². The van der Waals surface area contributed by atoms with Crippen LogP contribution in [0.1, 0.15) is 16.3 Å². The maximum atomic E-state index is 12.7. The average molecular weight is 373 g/mol. The molecule has 1 N–H and O–H groups in total. The van der Waals surface area contributed by atoms with Crippen molar-refractivity contribution in [3.63, 3.8) is 0 Å². The number of nitrogens with zero attached hydrogens (tertiary/aromatic N) is 1. The number of rotatable bonds is 3. The second kappa shape index (κ2) is 6.16. The predicted molar refractivity (Wildman–Crippen MR) is 103 cm³/mol. The Labute approximate surface area is 151 Å². The van der Waals surface area contributed by atoms with E-state index in [0.29, 0.717) is 22.7 Å². The summed E-state index contributed by atoms with van der Waals surface area (Å²) in [6, 6.07) is 11.6. The fourth-order valence-corrected chi connectivity index (χ4v) is 4.97. The fraction of sp³-hybridized carbons (Fsp3) is 0.111. The Morgan fingerprint density at radius 2 is 2.12 bits per heavy atom. The quantitative estimate of drug-likeness (QED) is 0.532. The zero-order chi connectivity index (χ0) is 16.7. The molecule has 6 heteroatoms. The number of H-pyrrole nitrogens is 1. The van der Waals surface area contributed by atoms with Crippen LogP contribution < -0.4 is 5.56 Å². The smallest absolute Gasteiger partial charge is 0.260 e. The SMILES string of the molecule is Cc1sc2nc(Cc3cccc(Cl)c3)[nH]c(=O)c2c1-c1cccs1. The molecule has 120 valence electrons.